The Bertz CT molecular complexity index is 661. The number of anilines is 1. The normalized spacial score (nSPS) is 23.0. The molecule has 0 saturated carbocycles. The highest BCUT2D eigenvalue weighted by molar-refractivity contribution is 7.88. The molecule has 21 heavy (non-hydrogen) atoms. The highest BCUT2D eigenvalue weighted by Crippen LogP contribution is 2.20. The molecule has 0 aromatic heterocycles. The second kappa shape index (κ2) is 5.19. The third-order valence-electron chi connectivity index (χ3n) is 3.89. The van der Waals surface area contributed by atoms with Gasteiger partial charge in [0.1, 0.15) is 0 Å². The lowest BCUT2D eigenvalue weighted by molar-refractivity contribution is 0.164. The molecule has 0 aliphatic carbocycles. The molecule has 0 radical (unpaired) electrons. The van der Waals surface area contributed by atoms with Gasteiger partial charge in [-0.25, -0.2) is 13.2 Å². The smallest absolute Gasteiger partial charge is 0.317 e. The molecule has 0 spiro atoms. The first-order valence-corrected chi connectivity index (χ1v) is 8.43. The van der Waals surface area contributed by atoms with Crippen LogP contribution in [0.25, 0.3) is 0 Å². The van der Waals surface area contributed by atoms with E-state index in [9.17, 15) is 13.2 Å². The van der Waals surface area contributed by atoms with Gasteiger partial charge >= 0.3 is 6.03 Å². The summed E-state index contributed by atoms with van der Waals surface area (Å²) in [6.45, 7) is 1.63. The van der Waals surface area contributed by atoms with Gasteiger partial charge in [0.05, 0.1) is 11.8 Å². The first kappa shape index (κ1) is 14.2. The number of sulfonamides is 1. The molecule has 2 fully saturated rings. The number of carbonyl (C=O) groups excluding carboxylic acids is 1. The zero-order chi connectivity index (χ0) is 15.0. The lowest BCUT2D eigenvalue weighted by atomic mass is 10.2. The lowest BCUT2D eigenvalue weighted by Crippen LogP contribution is -2.53. The predicted octanol–water partition coefficient (Wildman–Crippen LogP) is -0.192. The number of urea groups is 1. The van der Waals surface area contributed by atoms with Crippen LogP contribution in [0.2, 0.25) is 0 Å². The number of benzene rings is 1. The van der Waals surface area contributed by atoms with Crippen molar-refractivity contribution in [3.05, 3.63) is 29.8 Å². The molecule has 8 heteroatoms. The van der Waals surface area contributed by atoms with E-state index in [0.717, 1.165) is 0 Å². The molecule has 0 bridgehead atoms. The average Bonchev–Trinajstić information content (AvgIpc) is 2.79. The molecule has 2 amide bonds. The van der Waals surface area contributed by atoms with Crippen molar-refractivity contribution < 1.29 is 13.2 Å². The van der Waals surface area contributed by atoms with Crippen LogP contribution in [-0.4, -0.2) is 55.9 Å². The Hall–Kier alpha value is -1.80. The van der Waals surface area contributed by atoms with E-state index in [1.54, 1.807) is 29.2 Å². The number of fused-ring (bicyclic) bond motifs is 1. The van der Waals surface area contributed by atoms with Gasteiger partial charge in [0.2, 0.25) is 10.0 Å². The highest BCUT2D eigenvalue weighted by atomic mass is 32.2. The summed E-state index contributed by atoms with van der Waals surface area (Å²) in [5.74, 6) is -0.0634. The lowest BCUT2D eigenvalue weighted by Gasteiger charge is -2.35. The van der Waals surface area contributed by atoms with Gasteiger partial charge < -0.3 is 16.0 Å². The molecule has 1 atom stereocenters. The van der Waals surface area contributed by atoms with Crippen LogP contribution in [0.5, 0.6) is 0 Å². The Kier molecular flexibility index (Phi) is 3.50. The molecule has 2 heterocycles. The van der Waals surface area contributed by atoms with Crippen LogP contribution < -0.4 is 11.1 Å². The zero-order valence-corrected chi connectivity index (χ0v) is 12.3. The van der Waals surface area contributed by atoms with E-state index in [0.29, 0.717) is 37.4 Å². The number of rotatable bonds is 3. The number of hydrogen-bond acceptors (Lipinski definition) is 4. The topological polar surface area (TPSA) is 95.7 Å². The Balaban J connectivity index is 1.72. The average molecular weight is 310 g/mol. The number of nitrogens with zero attached hydrogens (tertiary/aromatic N) is 2. The molecule has 7 nitrogen and oxygen atoms in total. The summed E-state index contributed by atoms with van der Waals surface area (Å²) in [6, 6.07) is 6.73. The number of amides is 2. The second-order valence-corrected chi connectivity index (χ2v) is 7.36. The van der Waals surface area contributed by atoms with E-state index in [4.69, 9.17) is 5.73 Å². The van der Waals surface area contributed by atoms with Crippen molar-refractivity contribution in [3.8, 4) is 0 Å². The van der Waals surface area contributed by atoms with Crippen molar-refractivity contribution in [2.45, 2.75) is 11.8 Å². The van der Waals surface area contributed by atoms with Gasteiger partial charge in [-0.05, 0) is 17.7 Å². The van der Waals surface area contributed by atoms with Crippen molar-refractivity contribution in [3.63, 3.8) is 0 Å². The summed E-state index contributed by atoms with van der Waals surface area (Å²) >= 11 is 0. The summed E-state index contributed by atoms with van der Waals surface area (Å²) in [4.78, 5) is 13.2. The van der Waals surface area contributed by atoms with E-state index >= 15 is 0 Å². The zero-order valence-electron chi connectivity index (χ0n) is 11.5. The predicted molar refractivity (Wildman–Crippen MR) is 78.9 cm³/mol. The Labute approximate surface area is 123 Å². The summed E-state index contributed by atoms with van der Waals surface area (Å²) in [5, 5.41) is 2.74. The third kappa shape index (κ3) is 2.81. The highest BCUT2D eigenvalue weighted by Gasteiger charge is 2.39. The SMILES string of the molecule is Nc1cccc(CS(=O)(=O)N2CCN3C(=O)NCC3C2)c1. The number of piperazine rings is 1. The number of hydrogen-bond donors (Lipinski definition) is 2. The van der Waals surface area contributed by atoms with E-state index < -0.39 is 10.0 Å². The number of nitrogens with two attached hydrogens (primary N) is 1. The first-order chi connectivity index (χ1) is 9.95. The third-order valence-corrected chi connectivity index (χ3v) is 5.71. The minimum absolute atomic E-state index is 0.0634. The summed E-state index contributed by atoms with van der Waals surface area (Å²) in [5.41, 5.74) is 6.91. The van der Waals surface area contributed by atoms with Crippen LogP contribution in [0.3, 0.4) is 0 Å². The van der Waals surface area contributed by atoms with Gasteiger partial charge in [-0.1, -0.05) is 12.1 Å². The van der Waals surface area contributed by atoms with Crippen molar-refractivity contribution in [2.75, 3.05) is 31.9 Å². The fourth-order valence-electron chi connectivity index (χ4n) is 2.81. The maximum absolute atomic E-state index is 12.5. The number of carbonyl (C=O) groups is 1. The maximum Gasteiger partial charge on any atom is 0.317 e. The molecule has 1 aromatic carbocycles. The molecule has 2 aliphatic rings. The molecule has 114 valence electrons. The summed E-state index contributed by atoms with van der Waals surface area (Å²) < 4.78 is 26.5. The van der Waals surface area contributed by atoms with Gasteiger partial charge in [-0.3, -0.25) is 0 Å². The van der Waals surface area contributed by atoms with Gasteiger partial charge in [0, 0.05) is 31.9 Å². The molecule has 2 aliphatic heterocycles. The van der Waals surface area contributed by atoms with Gasteiger partial charge in [0.25, 0.3) is 0 Å². The van der Waals surface area contributed by atoms with Crippen LogP contribution >= 0.6 is 0 Å². The minimum atomic E-state index is -3.40. The van der Waals surface area contributed by atoms with Crippen LogP contribution in [0, 0.1) is 0 Å². The van der Waals surface area contributed by atoms with Crippen LogP contribution in [0.15, 0.2) is 24.3 Å². The summed E-state index contributed by atoms with van der Waals surface area (Å²) in [6.07, 6.45) is 0. The molecular weight excluding hydrogens is 292 g/mol. The maximum atomic E-state index is 12.5. The quantitative estimate of drug-likeness (QED) is 0.756. The van der Waals surface area contributed by atoms with Crippen LogP contribution in [0.1, 0.15) is 5.56 Å². The van der Waals surface area contributed by atoms with Crippen molar-refractivity contribution in [1.29, 1.82) is 0 Å². The van der Waals surface area contributed by atoms with E-state index in [1.807, 2.05) is 0 Å². The molecule has 1 unspecified atom stereocenters. The number of nitrogens with one attached hydrogen (secondary N) is 1. The molecule has 1 aromatic rings. The standard InChI is InChI=1S/C13H18N4O3S/c14-11-3-1-2-10(6-11)9-21(19,20)16-4-5-17-12(8-16)7-15-13(17)18/h1-3,6,12H,4-5,7-9,14H2,(H,15,18). The van der Waals surface area contributed by atoms with E-state index in [2.05, 4.69) is 5.32 Å². The van der Waals surface area contributed by atoms with Gasteiger partial charge in [0.15, 0.2) is 0 Å². The molecular formula is C13H18N4O3S. The minimum Gasteiger partial charge on any atom is -0.399 e. The Morgan fingerprint density at radius 2 is 2.14 bits per heavy atom. The molecule has 3 rings (SSSR count). The van der Waals surface area contributed by atoms with Gasteiger partial charge in [-0.15, -0.1) is 0 Å². The fraction of sp³-hybridized carbons (Fsp3) is 0.462. The van der Waals surface area contributed by atoms with Gasteiger partial charge in [-0.2, -0.15) is 4.31 Å². The molecule has 2 saturated heterocycles. The number of nitrogen functional groups attached to an aromatic ring is 1. The van der Waals surface area contributed by atoms with Crippen LogP contribution in [-0.2, 0) is 15.8 Å². The van der Waals surface area contributed by atoms with Crippen LogP contribution in [0.4, 0.5) is 10.5 Å². The van der Waals surface area contributed by atoms with Crippen molar-refractivity contribution in [1.82, 2.24) is 14.5 Å². The Morgan fingerprint density at radius 3 is 2.90 bits per heavy atom. The first-order valence-electron chi connectivity index (χ1n) is 6.82. The Morgan fingerprint density at radius 1 is 1.33 bits per heavy atom. The monoisotopic (exact) mass is 310 g/mol. The van der Waals surface area contributed by atoms with Crippen molar-refractivity contribution >= 4 is 21.7 Å². The van der Waals surface area contributed by atoms with E-state index in [-0.39, 0.29) is 17.8 Å². The fourth-order valence-corrected chi connectivity index (χ4v) is 4.36. The van der Waals surface area contributed by atoms with Crippen molar-refractivity contribution in [2.24, 2.45) is 0 Å². The molecule has 3 N–H and O–H groups in total. The second-order valence-electron chi connectivity index (χ2n) is 5.39. The largest absolute Gasteiger partial charge is 0.399 e. The van der Waals surface area contributed by atoms with E-state index in [1.165, 1.54) is 4.31 Å². The summed E-state index contributed by atoms with van der Waals surface area (Å²) in [7, 11) is -3.40.